The Morgan fingerprint density at radius 1 is 0.424 bits per heavy atom. The Morgan fingerprint density at radius 2 is 0.742 bits per heavy atom. The summed E-state index contributed by atoms with van der Waals surface area (Å²) in [5.41, 5.74) is 0. The van der Waals surface area contributed by atoms with Crippen LogP contribution in [0.2, 0.25) is 0 Å². The van der Waals surface area contributed by atoms with Crippen LogP contribution in [0.4, 0.5) is 0 Å². The molecule has 0 aliphatic carbocycles. The van der Waals surface area contributed by atoms with E-state index >= 15 is 0 Å². The molecule has 0 fully saturated rings. The largest absolute Gasteiger partial charge is 0.466 e. The van der Waals surface area contributed by atoms with E-state index in [1.807, 2.05) is 0 Å². The first kappa shape index (κ1) is 64.3. The molecule has 1 amide bonds. The molecule has 390 valence electrons. The van der Waals surface area contributed by atoms with Crippen molar-refractivity contribution in [3.63, 3.8) is 0 Å². The van der Waals surface area contributed by atoms with Crippen LogP contribution in [0, 0.1) is 0 Å². The first-order valence-electron chi connectivity index (χ1n) is 29.6. The summed E-state index contributed by atoms with van der Waals surface area (Å²) in [6, 6.07) is -0.549. The lowest BCUT2D eigenvalue weighted by atomic mass is 10.0. The average molecular weight is 931 g/mol. The number of hydrogen-bond acceptors (Lipinski definition) is 5. The number of hydrogen-bond donors (Lipinski definition) is 3. The zero-order chi connectivity index (χ0) is 47.9. The molecule has 0 saturated carbocycles. The maximum Gasteiger partial charge on any atom is 0.305 e. The normalized spacial score (nSPS) is 12.7. The van der Waals surface area contributed by atoms with Crippen molar-refractivity contribution >= 4 is 11.9 Å². The van der Waals surface area contributed by atoms with E-state index in [1.165, 1.54) is 218 Å². The molecule has 0 aliphatic heterocycles. The predicted molar refractivity (Wildman–Crippen MR) is 287 cm³/mol. The van der Waals surface area contributed by atoms with Crippen LogP contribution < -0.4 is 5.32 Å². The maximum absolute atomic E-state index is 12.5. The molecule has 0 heterocycles. The number of rotatable bonds is 55. The molecule has 0 aromatic rings. The van der Waals surface area contributed by atoms with Crippen molar-refractivity contribution in [2.45, 2.75) is 334 Å². The van der Waals surface area contributed by atoms with E-state index in [9.17, 15) is 19.8 Å². The summed E-state index contributed by atoms with van der Waals surface area (Å²) >= 11 is 0. The predicted octanol–water partition coefficient (Wildman–Crippen LogP) is 18.2. The highest BCUT2D eigenvalue weighted by atomic mass is 16.5. The molecule has 0 bridgehead atoms. The molecule has 2 atom stereocenters. The molecule has 6 heteroatoms. The molecular weight excluding hydrogens is 815 g/mol. The second kappa shape index (κ2) is 55.9. The van der Waals surface area contributed by atoms with Crippen molar-refractivity contribution in [3.05, 3.63) is 24.3 Å². The van der Waals surface area contributed by atoms with Crippen LogP contribution >= 0.6 is 0 Å². The monoisotopic (exact) mass is 930 g/mol. The Morgan fingerprint density at radius 3 is 1.12 bits per heavy atom. The highest BCUT2D eigenvalue weighted by molar-refractivity contribution is 5.76. The Bertz CT molecular complexity index is 1030. The number of ether oxygens (including phenoxy) is 1. The Hall–Kier alpha value is -1.66. The molecule has 0 aliphatic rings. The molecule has 0 aromatic heterocycles. The number of unbranched alkanes of at least 4 members (excludes halogenated alkanes) is 41. The van der Waals surface area contributed by atoms with Crippen LogP contribution in [0.15, 0.2) is 24.3 Å². The maximum atomic E-state index is 12.5. The summed E-state index contributed by atoms with van der Waals surface area (Å²) in [4.78, 5) is 24.5. The molecular formula is C60H115NO5. The number of esters is 1. The summed E-state index contributed by atoms with van der Waals surface area (Å²) in [5, 5.41) is 23.3. The minimum absolute atomic E-state index is 0.0115. The number of nitrogens with one attached hydrogen (secondary N) is 1. The number of carbonyl (C=O) groups is 2. The van der Waals surface area contributed by atoms with E-state index in [-0.39, 0.29) is 18.5 Å². The number of aliphatic hydroxyl groups is 2. The third-order valence-corrected chi connectivity index (χ3v) is 13.8. The van der Waals surface area contributed by atoms with E-state index in [0.717, 1.165) is 70.6 Å². The van der Waals surface area contributed by atoms with Gasteiger partial charge < -0.3 is 20.3 Å². The van der Waals surface area contributed by atoms with Gasteiger partial charge in [-0.1, -0.05) is 276 Å². The molecule has 66 heavy (non-hydrogen) atoms. The molecule has 0 rings (SSSR count). The fraction of sp³-hybridized carbons (Fsp3) is 0.900. The summed E-state index contributed by atoms with van der Waals surface area (Å²) in [5.74, 6) is -0.0541. The van der Waals surface area contributed by atoms with Gasteiger partial charge in [0.05, 0.1) is 25.4 Å². The zero-order valence-corrected chi connectivity index (χ0v) is 44.4. The lowest BCUT2D eigenvalue weighted by Gasteiger charge is -2.22. The fourth-order valence-electron chi connectivity index (χ4n) is 9.22. The van der Waals surface area contributed by atoms with Crippen LogP contribution in [-0.2, 0) is 14.3 Å². The SMILES string of the molecule is CCCCCCCCCCCCCCCCCCCC(O)C(CO)NC(=O)CCCCCCCCCCCC/C=C\C=C/CCCCCOC(=O)CCCCCCCCCCCCCCC. The van der Waals surface area contributed by atoms with Crippen molar-refractivity contribution in [2.75, 3.05) is 13.2 Å². The smallest absolute Gasteiger partial charge is 0.305 e. The topological polar surface area (TPSA) is 95.9 Å². The van der Waals surface area contributed by atoms with Crippen molar-refractivity contribution in [1.82, 2.24) is 5.32 Å². The van der Waals surface area contributed by atoms with Crippen molar-refractivity contribution in [3.8, 4) is 0 Å². The van der Waals surface area contributed by atoms with Crippen LogP contribution in [0.3, 0.4) is 0 Å². The Balaban J connectivity index is 3.47. The summed E-state index contributed by atoms with van der Waals surface area (Å²) in [7, 11) is 0. The highest BCUT2D eigenvalue weighted by Gasteiger charge is 2.20. The number of aliphatic hydroxyl groups excluding tert-OH is 2. The number of allylic oxidation sites excluding steroid dienone is 4. The van der Waals surface area contributed by atoms with Gasteiger partial charge in [0.25, 0.3) is 0 Å². The van der Waals surface area contributed by atoms with E-state index in [1.54, 1.807) is 0 Å². The van der Waals surface area contributed by atoms with Crippen molar-refractivity contribution in [1.29, 1.82) is 0 Å². The van der Waals surface area contributed by atoms with E-state index in [2.05, 4.69) is 43.5 Å². The summed E-state index contributed by atoms with van der Waals surface area (Å²) < 4.78 is 5.45. The van der Waals surface area contributed by atoms with Crippen LogP contribution in [-0.4, -0.2) is 47.4 Å². The van der Waals surface area contributed by atoms with Gasteiger partial charge in [-0.05, 0) is 57.8 Å². The standard InChI is InChI=1S/C60H115NO5/c1-3-5-7-9-11-13-15-17-18-22-25-29-32-36-40-44-48-52-58(63)57(56-62)61-59(64)53-49-45-41-37-33-30-26-23-20-19-21-24-27-31-35-39-43-47-51-55-66-60(65)54-50-46-42-38-34-28-16-14-12-10-8-6-4-2/h24,27,31,35,57-58,62-63H,3-23,25-26,28-30,32-34,36-56H2,1-2H3,(H,61,64)/b27-24-,35-31-. The summed E-state index contributed by atoms with van der Waals surface area (Å²) in [6.07, 6.45) is 67.4. The van der Waals surface area contributed by atoms with Gasteiger partial charge in [0.1, 0.15) is 0 Å². The second-order valence-corrected chi connectivity index (χ2v) is 20.4. The van der Waals surface area contributed by atoms with Gasteiger partial charge in [-0.25, -0.2) is 0 Å². The van der Waals surface area contributed by atoms with Crippen LogP contribution in [0.1, 0.15) is 322 Å². The average Bonchev–Trinajstić information content (AvgIpc) is 3.32. The molecule has 6 nitrogen and oxygen atoms in total. The third kappa shape index (κ3) is 51.7. The van der Waals surface area contributed by atoms with Gasteiger partial charge in [0, 0.05) is 12.8 Å². The number of carbonyl (C=O) groups excluding carboxylic acids is 2. The minimum Gasteiger partial charge on any atom is -0.466 e. The summed E-state index contributed by atoms with van der Waals surface area (Å²) in [6.45, 7) is 4.93. The first-order valence-corrected chi connectivity index (χ1v) is 29.6. The molecule has 2 unspecified atom stereocenters. The van der Waals surface area contributed by atoms with Gasteiger partial charge in [0.15, 0.2) is 0 Å². The second-order valence-electron chi connectivity index (χ2n) is 20.4. The third-order valence-electron chi connectivity index (χ3n) is 13.8. The van der Waals surface area contributed by atoms with Gasteiger partial charge in [-0.15, -0.1) is 0 Å². The van der Waals surface area contributed by atoms with Crippen LogP contribution in [0.5, 0.6) is 0 Å². The molecule has 0 saturated heterocycles. The van der Waals surface area contributed by atoms with Crippen molar-refractivity contribution in [2.24, 2.45) is 0 Å². The molecule has 0 spiro atoms. The number of amides is 1. The lowest BCUT2D eigenvalue weighted by Crippen LogP contribution is -2.45. The molecule has 0 radical (unpaired) electrons. The van der Waals surface area contributed by atoms with Gasteiger partial charge in [-0.2, -0.15) is 0 Å². The zero-order valence-electron chi connectivity index (χ0n) is 44.4. The highest BCUT2D eigenvalue weighted by Crippen LogP contribution is 2.17. The van der Waals surface area contributed by atoms with Gasteiger partial charge in [-0.3, -0.25) is 9.59 Å². The fourth-order valence-corrected chi connectivity index (χ4v) is 9.22. The Kier molecular flexibility index (Phi) is 54.5. The molecule has 0 aromatic carbocycles. The lowest BCUT2D eigenvalue weighted by molar-refractivity contribution is -0.143. The van der Waals surface area contributed by atoms with Gasteiger partial charge in [0.2, 0.25) is 5.91 Å². The van der Waals surface area contributed by atoms with Crippen molar-refractivity contribution < 1.29 is 24.5 Å². The van der Waals surface area contributed by atoms with E-state index < -0.39 is 12.1 Å². The van der Waals surface area contributed by atoms with Gasteiger partial charge >= 0.3 is 5.97 Å². The van der Waals surface area contributed by atoms with E-state index in [0.29, 0.717) is 25.9 Å². The van der Waals surface area contributed by atoms with E-state index in [4.69, 9.17) is 4.74 Å². The molecule has 3 N–H and O–H groups in total. The Labute approximate surface area is 411 Å². The quantitative estimate of drug-likeness (QED) is 0.0321. The minimum atomic E-state index is -0.671. The van der Waals surface area contributed by atoms with Crippen LogP contribution in [0.25, 0.3) is 0 Å². The first-order chi connectivity index (χ1) is 32.5.